The normalized spacial score (nSPS) is 15.6. The van der Waals surface area contributed by atoms with Crippen molar-refractivity contribution < 1.29 is 18.7 Å². The van der Waals surface area contributed by atoms with E-state index in [1.165, 1.54) is 0 Å². The Balaban J connectivity index is 1.52. The Hall–Kier alpha value is -3.56. The molecule has 0 unspecified atom stereocenters. The molecule has 2 N–H and O–H groups in total. The van der Waals surface area contributed by atoms with Crippen molar-refractivity contribution in [1.29, 1.82) is 0 Å². The summed E-state index contributed by atoms with van der Waals surface area (Å²) >= 11 is 0. The minimum Gasteiger partial charge on any atom is -0.361 e. The molecule has 3 heterocycles. The van der Waals surface area contributed by atoms with Gasteiger partial charge in [-0.1, -0.05) is 36.0 Å². The van der Waals surface area contributed by atoms with Crippen molar-refractivity contribution in [2.75, 3.05) is 5.32 Å². The van der Waals surface area contributed by atoms with Crippen LogP contribution in [0.5, 0.6) is 0 Å². The average molecular weight is 453 g/mol. The minimum atomic E-state index is -0.712. The van der Waals surface area contributed by atoms with Gasteiger partial charge in [-0.2, -0.15) is 0 Å². The molecule has 1 atom stereocenters. The molecule has 174 valence electrons. The molecule has 2 amide bonds. The number of rotatable bonds is 6. The first kappa shape index (κ1) is 22.6. The summed E-state index contributed by atoms with van der Waals surface area (Å²) in [5.74, 6) is 0.363. The number of nitrogens with one attached hydrogen (secondary N) is 2. The Kier molecular flexibility index (Phi) is 6.81. The maximum atomic E-state index is 13.3. The van der Waals surface area contributed by atoms with E-state index in [2.05, 4.69) is 35.7 Å². The predicted molar refractivity (Wildman–Crippen MR) is 119 cm³/mol. The van der Waals surface area contributed by atoms with E-state index in [-0.39, 0.29) is 17.5 Å². The molecule has 1 aliphatic rings. The highest BCUT2D eigenvalue weighted by Crippen LogP contribution is 2.28. The second-order valence-corrected chi connectivity index (χ2v) is 8.52. The van der Waals surface area contributed by atoms with Crippen LogP contribution in [0.3, 0.4) is 0 Å². The lowest BCUT2D eigenvalue weighted by Gasteiger charge is -2.26. The van der Waals surface area contributed by atoms with Crippen LogP contribution in [-0.2, 0) is 4.79 Å². The summed E-state index contributed by atoms with van der Waals surface area (Å²) in [4.78, 5) is 30.5. The molecule has 0 aliphatic heterocycles. The van der Waals surface area contributed by atoms with Crippen LogP contribution in [0.25, 0.3) is 11.1 Å². The zero-order valence-corrected chi connectivity index (χ0v) is 19.1. The van der Waals surface area contributed by atoms with Crippen LogP contribution >= 0.6 is 0 Å². The van der Waals surface area contributed by atoms with Crippen LogP contribution in [0.15, 0.2) is 27.5 Å². The van der Waals surface area contributed by atoms with Gasteiger partial charge in [0, 0.05) is 17.3 Å². The molecule has 0 aromatic carbocycles. The quantitative estimate of drug-likeness (QED) is 0.540. The third kappa shape index (κ3) is 5.10. The second kappa shape index (κ2) is 9.93. The van der Waals surface area contributed by atoms with Gasteiger partial charge in [-0.05, 0) is 56.8 Å². The summed E-state index contributed by atoms with van der Waals surface area (Å²) in [6, 6.07) is 2.88. The summed E-state index contributed by atoms with van der Waals surface area (Å²) in [5, 5.41) is 17.0. The molecule has 1 saturated carbocycles. The predicted octanol–water partition coefficient (Wildman–Crippen LogP) is 3.75. The largest absolute Gasteiger partial charge is 0.361 e. The number of hydrogen-bond donors (Lipinski definition) is 2. The Labute approximate surface area is 191 Å². The SMILES string of the molecule is Cc1nonc1C(=O)N[C@H](C(=O)Nc1ccc(-c2c(C)noc2C)cn1)C1CCCCCC1. The van der Waals surface area contributed by atoms with Crippen LogP contribution < -0.4 is 10.6 Å². The van der Waals surface area contributed by atoms with Gasteiger partial charge in [0.2, 0.25) is 5.91 Å². The number of hydrogen-bond acceptors (Lipinski definition) is 8. The van der Waals surface area contributed by atoms with Gasteiger partial charge >= 0.3 is 0 Å². The summed E-state index contributed by atoms with van der Waals surface area (Å²) < 4.78 is 9.87. The maximum Gasteiger partial charge on any atom is 0.276 e. The van der Waals surface area contributed by atoms with Gasteiger partial charge in [0.25, 0.3) is 5.91 Å². The molecule has 10 nitrogen and oxygen atoms in total. The number of nitrogens with zero attached hydrogens (tertiary/aromatic N) is 4. The fourth-order valence-corrected chi connectivity index (χ4v) is 4.40. The van der Waals surface area contributed by atoms with E-state index in [4.69, 9.17) is 4.52 Å². The number of carbonyl (C=O) groups is 2. The topological polar surface area (TPSA) is 136 Å². The molecular formula is C23H28N6O4. The van der Waals surface area contributed by atoms with Crippen LogP contribution in [0.2, 0.25) is 0 Å². The average Bonchev–Trinajstić information content (AvgIpc) is 3.26. The summed E-state index contributed by atoms with van der Waals surface area (Å²) in [5.41, 5.74) is 2.99. The van der Waals surface area contributed by atoms with E-state index in [1.54, 1.807) is 19.2 Å². The van der Waals surface area contributed by atoms with Gasteiger partial charge in [0.05, 0.1) is 5.69 Å². The fraction of sp³-hybridized carbons (Fsp3) is 0.478. The van der Waals surface area contributed by atoms with Crippen molar-refractivity contribution in [2.45, 2.75) is 65.3 Å². The summed E-state index contributed by atoms with van der Waals surface area (Å²) in [6.07, 6.45) is 7.73. The number of amides is 2. The molecule has 4 rings (SSSR count). The molecule has 3 aromatic heterocycles. The third-order valence-electron chi connectivity index (χ3n) is 6.14. The Morgan fingerprint density at radius 3 is 2.33 bits per heavy atom. The molecule has 0 spiro atoms. The summed E-state index contributed by atoms with van der Waals surface area (Å²) in [6.45, 7) is 5.35. The third-order valence-corrected chi connectivity index (χ3v) is 6.14. The van der Waals surface area contributed by atoms with Gasteiger partial charge < -0.3 is 15.2 Å². The van der Waals surface area contributed by atoms with Gasteiger partial charge in [0.15, 0.2) is 5.69 Å². The number of aromatic nitrogens is 4. The Morgan fingerprint density at radius 1 is 1.00 bits per heavy atom. The van der Waals surface area contributed by atoms with E-state index >= 15 is 0 Å². The lowest BCUT2D eigenvalue weighted by Crippen LogP contribution is -2.48. The highest BCUT2D eigenvalue weighted by atomic mass is 16.6. The monoisotopic (exact) mass is 452 g/mol. The molecule has 3 aromatic rings. The van der Waals surface area contributed by atoms with Crippen molar-refractivity contribution in [3.05, 3.63) is 41.2 Å². The molecule has 33 heavy (non-hydrogen) atoms. The van der Waals surface area contributed by atoms with E-state index in [1.807, 2.05) is 19.9 Å². The molecule has 0 radical (unpaired) electrons. The van der Waals surface area contributed by atoms with Crippen molar-refractivity contribution >= 4 is 17.6 Å². The van der Waals surface area contributed by atoms with E-state index in [9.17, 15) is 9.59 Å². The standard InChI is InChI=1S/C23H28N6O4/c1-13-19(15(3)32-27-13)17-10-11-18(24-12-17)25-23(31)21(16-8-6-4-5-7-9-16)26-22(30)20-14(2)28-33-29-20/h10-12,16,21H,4-9H2,1-3H3,(H,26,30)(H,24,25,31)/t21-/m0/s1. The van der Waals surface area contributed by atoms with Gasteiger partial charge in [-0.25, -0.2) is 9.61 Å². The molecular weight excluding hydrogens is 424 g/mol. The number of anilines is 1. The first-order valence-electron chi connectivity index (χ1n) is 11.2. The van der Waals surface area contributed by atoms with Crippen LogP contribution in [-0.4, -0.2) is 38.3 Å². The lowest BCUT2D eigenvalue weighted by molar-refractivity contribution is -0.119. The number of carbonyl (C=O) groups excluding carboxylic acids is 2. The van der Waals surface area contributed by atoms with Crippen molar-refractivity contribution in [3.63, 3.8) is 0 Å². The molecule has 0 bridgehead atoms. The van der Waals surface area contributed by atoms with Crippen LogP contribution in [0.1, 0.15) is 66.2 Å². The van der Waals surface area contributed by atoms with Crippen LogP contribution in [0, 0.1) is 26.7 Å². The zero-order chi connectivity index (χ0) is 23.4. The molecule has 10 heteroatoms. The molecule has 0 saturated heterocycles. The van der Waals surface area contributed by atoms with E-state index in [0.717, 1.165) is 55.3 Å². The first-order chi connectivity index (χ1) is 15.9. The number of aryl methyl sites for hydroxylation is 3. The van der Waals surface area contributed by atoms with Crippen molar-refractivity contribution in [2.24, 2.45) is 5.92 Å². The smallest absolute Gasteiger partial charge is 0.276 e. The van der Waals surface area contributed by atoms with Crippen molar-refractivity contribution in [1.82, 2.24) is 25.8 Å². The first-order valence-corrected chi connectivity index (χ1v) is 11.2. The lowest BCUT2D eigenvalue weighted by atomic mass is 9.91. The Morgan fingerprint density at radius 2 is 1.76 bits per heavy atom. The summed E-state index contributed by atoms with van der Waals surface area (Å²) in [7, 11) is 0. The van der Waals surface area contributed by atoms with E-state index < -0.39 is 11.9 Å². The van der Waals surface area contributed by atoms with Gasteiger partial charge in [-0.15, -0.1) is 0 Å². The molecule has 1 aliphatic carbocycles. The fourth-order valence-electron chi connectivity index (χ4n) is 4.40. The van der Waals surface area contributed by atoms with E-state index in [0.29, 0.717) is 17.3 Å². The van der Waals surface area contributed by atoms with Crippen LogP contribution in [0.4, 0.5) is 5.82 Å². The van der Waals surface area contributed by atoms with Crippen molar-refractivity contribution in [3.8, 4) is 11.1 Å². The Bertz CT molecular complexity index is 1090. The zero-order valence-electron chi connectivity index (χ0n) is 19.1. The highest BCUT2D eigenvalue weighted by molar-refractivity contribution is 6.00. The van der Waals surface area contributed by atoms with Gasteiger partial charge in [-0.3, -0.25) is 9.59 Å². The second-order valence-electron chi connectivity index (χ2n) is 8.52. The number of pyridine rings is 1. The minimum absolute atomic E-state index is 0.0261. The van der Waals surface area contributed by atoms with Gasteiger partial charge in [0.1, 0.15) is 23.3 Å². The highest BCUT2D eigenvalue weighted by Gasteiger charge is 2.32. The molecule has 1 fully saturated rings. The maximum absolute atomic E-state index is 13.3.